The molecule has 6 heteroatoms. The van der Waals surface area contributed by atoms with Gasteiger partial charge >= 0.3 is 0 Å². The molecule has 2 aromatic carbocycles. The van der Waals surface area contributed by atoms with Gasteiger partial charge in [0.05, 0.1) is 17.5 Å². The van der Waals surface area contributed by atoms with Crippen LogP contribution in [0.4, 0.5) is 5.95 Å². The van der Waals surface area contributed by atoms with E-state index < -0.39 is 6.04 Å². The Kier molecular flexibility index (Phi) is 5.22. The second-order valence-corrected chi connectivity index (χ2v) is 8.79. The molecule has 1 aromatic heterocycles. The molecule has 0 radical (unpaired) electrons. The summed E-state index contributed by atoms with van der Waals surface area (Å²) in [5, 5.41) is 2.98. The number of carbonyl (C=O) groups is 2. The van der Waals surface area contributed by atoms with E-state index in [4.69, 9.17) is 4.98 Å². The summed E-state index contributed by atoms with van der Waals surface area (Å²) in [5.74, 6) is 1.01. The van der Waals surface area contributed by atoms with Gasteiger partial charge in [-0.1, -0.05) is 62.2 Å². The summed E-state index contributed by atoms with van der Waals surface area (Å²) in [7, 11) is 0. The highest BCUT2D eigenvalue weighted by atomic mass is 16.2. The topological polar surface area (TPSA) is 67.2 Å². The van der Waals surface area contributed by atoms with E-state index in [1.807, 2.05) is 64.1 Å². The second kappa shape index (κ2) is 8.17. The number of aromatic nitrogens is 2. The number of hydrogen-bond acceptors (Lipinski definition) is 3. The summed E-state index contributed by atoms with van der Waals surface area (Å²) in [6, 6.07) is 17.3. The first-order chi connectivity index (χ1) is 15.1. The molecule has 3 aromatic rings. The van der Waals surface area contributed by atoms with Gasteiger partial charge in [-0.3, -0.25) is 19.1 Å². The van der Waals surface area contributed by atoms with Gasteiger partial charge in [0, 0.05) is 12.6 Å². The van der Waals surface area contributed by atoms with E-state index in [-0.39, 0.29) is 24.3 Å². The Morgan fingerprint density at radius 3 is 2.61 bits per heavy atom. The van der Waals surface area contributed by atoms with Crippen molar-refractivity contribution in [2.75, 3.05) is 4.90 Å². The molecule has 31 heavy (non-hydrogen) atoms. The highest BCUT2D eigenvalue weighted by Gasteiger charge is 2.45. The fraction of sp³-hybridized carbons (Fsp3) is 0.400. The van der Waals surface area contributed by atoms with Gasteiger partial charge in [-0.2, -0.15) is 0 Å². The molecule has 1 aliphatic carbocycles. The average molecular weight is 417 g/mol. The lowest BCUT2D eigenvalue weighted by Crippen LogP contribution is -2.45. The Morgan fingerprint density at radius 2 is 1.81 bits per heavy atom. The van der Waals surface area contributed by atoms with Crippen LogP contribution < -0.4 is 10.2 Å². The van der Waals surface area contributed by atoms with Crippen molar-refractivity contribution in [1.82, 2.24) is 14.9 Å². The Morgan fingerprint density at radius 1 is 1.06 bits per heavy atom. The maximum atomic E-state index is 13.6. The van der Waals surface area contributed by atoms with Crippen molar-refractivity contribution < 1.29 is 9.59 Å². The summed E-state index contributed by atoms with van der Waals surface area (Å²) in [4.78, 5) is 33.1. The normalized spacial score (nSPS) is 23.2. The molecular formula is C25H28N4O2. The van der Waals surface area contributed by atoms with E-state index in [1.165, 1.54) is 6.42 Å². The van der Waals surface area contributed by atoms with Crippen LogP contribution in [-0.2, 0) is 16.1 Å². The van der Waals surface area contributed by atoms with Crippen molar-refractivity contribution >= 4 is 28.8 Å². The minimum Gasteiger partial charge on any atom is -0.352 e. The van der Waals surface area contributed by atoms with E-state index >= 15 is 0 Å². The first-order valence-electron chi connectivity index (χ1n) is 11.2. The van der Waals surface area contributed by atoms with Crippen molar-refractivity contribution in [3.05, 3.63) is 60.2 Å². The Balaban J connectivity index is 1.43. The number of anilines is 1. The predicted molar refractivity (Wildman–Crippen MR) is 121 cm³/mol. The summed E-state index contributed by atoms with van der Waals surface area (Å²) >= 11 is 0. The standard InChI is InChI=1S/C25H28N4O2/c1-17-9-5-7-13-20(17)29-24(31)22(15-23(30)26-16-18-10-3-2-4-11-18)28-21-14-8-6-12-19(21)27-25(28)29/h2-4,6,8,10-12,14,17,20,22H,5,7,9,13,15-16H2,1H3,(H,26,30). The van der Waals surface area contributed by atoms with Crippen LogP contribution in [0.5, 0.6) is 0 Å². The number of carbonyl (C=O) groups excluding carboxylic acids is 2. The molecule has 1 saturated carbocycles. The van der Waals surface area contributed by atoms with E-state index in [9.17, 15) is 9.59 Å². The summed E-state index contributed by atoms with van der Waals surface area (Å²) in [6.45, 7) is 2.69. The summed E-state index contributed by atoms with van der Waals surface area (Å²) in [6.07, 6.45) is 4.57. The fourth-order valence-electron chi connectivity index (χ4n) is 5.09. The van der Waals surface area contributed by atoms with Crippen molar-refractivity contribution in [1.29, 1.82) is 0 Å². The van der Waals surface area contributed by atoms with Crippen LogP contribution in [0, 0.1) is 5.92 Å². The SMILES string of the molecule is CC1CCCCC1N1C(=O)C(CC(=O)NCc2ccccc2)n2c1nc1ccccc12. The lowest BCUT2D eigenvalue weighted by Gasteiger charge is -2.35. The maximum Gasteiger partial charge on any atom is 0.253 e. The molecule has 2 heterocycles. The zero-order chi connectivity index (χ0) is 21.4. The van der Waals surface area contributed by atoms with Crippen LogP contribution in [0.15, 0.2) is 54.6 Å². The quantitative estimate of drug-likeness (QED) is 0.678. The molecule has 2 amide bonds. The Bertz CT molecular complexity index is 1110. The van der Waals surface area contributed by atoms with E-state index in [2.05, 4.69) is 12.2 Å². The highest BCUT2D eigenvalue weighted by molar-refractivity contribution is 6.04. The fourth-order valence-corrected chi connectivity index (χ4v) is 5.09. The third kappa shape index (κ3) is 3.60. The molecular weight excluding hydrogens is 388 g/mol. The van der Waals surface area contributed by atoms with Crippen LogP contribution in [0.2, 0.25) is 0 Å². The minimum absolute atomic E-state index is 0.00173. The van der Waals surface area contributed by atoms with Crippen LogP contribution in [-0.4, -0.2) is 27.4 Å². The molecule has 3 atom stereocenters. The van der Waals surface area contributed by atoms with Crippen LogP contribution in [0.3, 0.4) is 0 Å². The number of hydrogen-bond donors (Lipinski definition) is 1. The number of amides is 2. The molecule has 0 bridgehead atoms. The average Bonchev–Trinajstić information content (AvgIpc) is 3.28. The van der Waals surface area contributed by atoms with Gasteiger partial charge in [-0.15, -0.1) is 0 Å². The molecule has 6 nitrogen and oxygen atoms in total. The molecule has 0 saturated heterocycles. The Hall–Kier alpha value is -3.15. The van der Waals surface area contributed by atoms with E-state index in [0.717, 1.165) is 35.9 Å². The molecule has 3 unspecified atom stereocenters. The van der Waals surface area contributed by atoms with Crippen molar-refractivity contribution in [2.45, 2.75) is 57.7 Å². The highest BCUT2D eigenvalue weighted by Crippen LogP contribution is 2.41. The zero-order valence-corrected chi connectivity index (χ0v) is 17.8. The number of nitrogens with zero attached hydrogens (tertiary/aromatic N) is 3. The summed E-state index contributed by atoms with van der Waals surface area (Å²) < 4.78 is 1.99. The number of fused-ring (bicyclic) bond motifs is 3. The van der Waals surface area contributed by atoms with E-state index in [0.29, 0.717) is 18.4 Å². The van der Waals surface area contributed by atoms with Gasteiger partial charge in [0.25, 0.3) is 5.91 Å². The van der Waals surface area contributed by atoms with Gasteiger partial charge in [0.2, 0.25) is 11.9 Å². The number of rotatable bonds is 5. The van der Waals surface area contributed by atoms with Crippen LogP contribution in [0.25, 0.3) is 11.0 Å². The lowest BCUT2D eigenvalue weighted by atomic mass is 9.85. The van der Waals surface area contributed by atoms with Gasteiger partial charge in [-0.05, 0) is 36.5 Å². The van der Waals surface area contributed by atoms with Gasteiger partial charge in [-0.25, -0.2) is 4.98 Å². The third-order valence-corrected chi connectivity index (χ3v) is 6.74. The molecule has 1 fully saturated rings. The molecule has 1 aliphatic heterocycles. The number of nitrogens with one attached hydrogen (secondary N) is 1. The number of benzene rings is 2. The van der Waals surface area contributed by atoms with Crippen molar-refractivity contribution in [3.63, 3.8) is 0 Å². The largest absolute Gasteiger partial charge is 0.352 e. The van der Waals surface area contributed by atoms with Crippen LogP contribution >= 0.6 is 0 Å². The molecule has 5 rings (SSSR count). The molecule has 160 valence electrons. The smallest absolute Gasteiger partial charge is 0.253 e. The first kappa shape index (κ1) is 19.8. The summed E-state index contributed by atoms with van der Waals surface area (Å²) in [5.41, 5.74) is 2.82. The van der Waals surface area contributed by atoms with Crippen LogP contribution in [0.1, 0.15) is 50.6 Å². The first-order valence-corrected chi connectivity index (χ1v) is 11.2. The molecule has 2 aliphatic rings. The van der Waals surface area contributed by atoms with Gasteiger partial charge in [0.1, 0.15) is 6.04 Å². The minimum atomic E-state index is -0.549. The predicted octanol–water partition coefficient (Wildman–Crippen LogP) is 4.21. The number of imidazole rings is 1. The molecule has 0 spiro atoms. The molecule has 1 N–H and O–H groups in total. The van der Waals surface area contributed by atoms with E-state index in [1.54, 1.807) is 0 Å². The Labute approximate surface area is 182 Å². The van der Waals surface area contributed by atoms with Crippen molar-refractivity contribution in [2.24, 2.45) is 5.92 Å². The number of para-hydroxylation sites is 2. The van der Waals surface area contributed by atoms with Gasteiger partial charge < -0.3 is 5.32 Å². The van der Waals surface area contributed by atoms with Crippen molar-refractivity contribution in [3.8, 4) is 0 Å². The lowest BCUT2D eigenvalue weighted by molar-refractivity contribution is -0.127. The maximum absolute atomic E-state index is 13.6. The van der Waals surface area contributed by atoms with Gasteiger partial charge in [0.15, 0.2) is 0 Å². The monoisotopic (exact) mass is 416 g/mol. The zero-order valence-electron chi connectivity index (χ0n) is 17.8. The second-order valence-electron chi connectivity index (χ2n) is 8.79. The third-order valence-electron chi connectivity index (χ3n) is 6.74.